The van der Waals surface area contributed by atoms with E-state index < -0.39 is 24.0 Å². The summed E-state index contributed by atoms with van der Waals surface area (Å²) in [7, 11) is 0. The molecular formula is C27H33ClN4O4. The van der Waals surface area contributed by atoms with E-state index in [9.17, 15) is 25.1 Å². The van der Waals surface area contributed by atoms with Crippen molar-refractivity contribution in [3.05, 3.63) is 64.2 Å². The summed E-state index contributed by atoms with van der Waals surface area (Å²) in [6.07, 6.45) is -2.19. The number of rotatable bonds is 9. The fourth-order valence-corrected chi connectivity index (χ4v) is 4.74. The maximum absolute atomic E-state index is 12.8. The largest absolute Gasteiger partial charge is 0.380 e. The molecule has 1 saturated heterocycles. The van der Waals surface area contributed by atoms with Crippen molar-refractivity contribution in [1.29, 1.82) is 5.26 Å². The number of hydrogen-bond acceptors (Lipinski definition) is 6. The first-order valence-corrected chi connectivity index (χ1v) is 12.5. The molecule has 1 aliphatic rings. The zero-order valence-corrected chi connectivity index (χ0v) is 21.4. The van der Waals surface area contributed by atoms with Gasteiger partial charge in [0.25, 0.3) is 11.8 Å². The van der Waals surface area contributed by atoms with Crippen LogP contribution in [0, 0.1) is 24.2 Å². The van der Waals surface area contributed by atoms with E-state index in [4.69, 9.17) is 11.6 Å². The van der Waals surface area contributed by atoms with Gasteiger partial charge in [-0.2, -0.15) is 5.26 Å². The molecule has 8 nitrogen and oxygen atoms in total. The summed E-state index contributed by atoms with van der Waals surface area (Å²) >= 11 is 6.32. The van der Waals surface area contributed by atoms with Crippen molar-refractivity contribution in [3.8, 4) is 6.07 Å². The van der Waals surface area contributed by atoms with Gasteiger partial charge in [-0.1, -0.05) is 41.9 Å². The monoisotopic (exact) mass is 512 g/mol. The highest BCUT2D eigenvalue weighted by Gasteiger charge is 2.33. The number of nitrogens with one attached hydrogen (secondary N) is 1. The Bertz CT molecular complexity index is 1110. The first kappa shape index (κ1) is 27.5. The lowest BCUT2D eigenvalue weighted by Gasteiger charge is -2.34. The molecule has 0 aliphatic carbocycles. The molecule has 9 heteroatoms. The van der Waals surface area contributed by atoms with Crippen LogP contribution in [0.1, 0.15) is 36.5 Å². The predicted octanol–water partition coefficient (Wildman–Crippen LogP) is 2.62. The fourth-order valence-electron chi connectivity index (χ4n) is 4.44. The number of likely N-dealkylation sites (N-methyl/N-ethyl adjacent to an activating group) is 1. The third-order valence-corrected chi connectivity index (χ3v) is 7.04. The average Bonchev–Trinajstić information content (AvgIpc) is 2.90. The summed E-state index contributed by atoms with van der Waals surface area (Å²) in [6, 6.07) is 15.1. The fraction of sp³-hybridized carbons (Fsp3) is 0.444. The van der Waals surface area contributed by atoms with Crippen LogP contribution in [0.3, 0.4) is 0 Å². The van der Waals surface area contributed by atoms with Gasteiger partial charge in [-0.3, -0.25) is 9.59 Å². The molecule has 0 saturated carbocycles. The van der Waals surface area contributed by atoms with Crippen LogP contribution < -0.4 is 10.2 Å². The van der Waals surface area contributed by atoms with Gasteiger partial charge in [-0.15, -0.1) is 0 Å². The Morgan fingerprint density at radius 2 is 1.86 bits per heavy atom. The van der Waals surface area contributed by atoms with E-state index in [0.717, 1.165) is 29.7 Å². The molecule has 0 aromatic heterocycles. The number of benzene rings is 2. The van der Waals surface area contributed by atoms with E-state index in [-0.39, 0.29) is 12.5 Å². The van der Waals surface area contributed by atoms with Crippen LogP contribution in [0.4, 0.5) is 5.69 Å². The van der Waals surface area contributed by atoms with E-state index in [0.29, 0.717) is 36.8 Å². The van der Waals surface area contributed by atoms with E-state index in [2.05, 4.69) is 16.3 Å². The van der Waals surface area contributed by atoms with Gasteiger partial charge in [0.2, 0.25) is 0 Å². The minimum atomic E-state index is -1.86. The zero-order chi connectivity index (χ0) is 26.2. The quantitative estimate of drug-likeness (QED) is 0.475. The second kappa shape index (κ2) is 12.7. The first-order valence-electron chi connectivity index (χ1n) is 12.2. The van der Waals surface area contributed by atoms with Crippen molar-refractivity contribution < 1.29 is 19.8 Å². The second-order valence-corrected chi connectivity index (χ2v) is 9.50. The van der Waals surface area contributed by atoms with Gasteiger partial charge in [0, 0.05) is 32.7 Å². The van der Waals surface area contributed by atoms with Gasteiger partial charge in [0.1, 0.15) is 6.07 Å². The van der Waals surface area contributed by atoms with Crippen LogP contribution in [-0.2, 0) is 16.1 Å². The number of halogens is 1. The highest BCUT2D eigenvalue weighted by Crippen LogP contribution is 2.32. The van der Waals surface area contributed by atoms with Gasteiger partial charge in [-0.25, -0.2) is 0 Å². The van der Waals surface area contributed by atoms with E-state index >= 15 is 0 Å². The maximum Gasteiger partial charge on any atom is 0.254 e. The number of para-hydroxylation sites is 1. The normalized spacial score (nSPS) is 15.6. The number of piperidine rings is 1. The predicted molar refractivity (Wildman–Crippen MR) is 138 cm³/mol. The Kier molecular flexibility index (Phi) is 9.71. The standard InChI is InChI=1S/C27H33ClN4O4/c1-3-31(17-21-8-5-4-7-18(21)2)27(36)25(34)24(33)26(35)30-16-19-11-13-32(14-12-19)23-20(15-29)9-6-10-22(23)28/h4-10,19,24-25,33-34H,3,11-14,16-17H2,1-2H3,(H,30,35). The minimum Gasteiger partial charge on any atom is -0.380 e. The Morgan fingerprint density at radius 3 is 2.50 bits per heavy atom. The van der Waals surface area contributed by atoms with Crippen LogP contribution in [0.25, 0.3) is 0 Å². The lowest BCUT2D eigenvalue weighted by molar-refractivity contribution is -0.153. The summed E-state index contributed by atoms with van der Waals surface area (Å²) in [6.45, 7) is 6.00. The van der Waals surface area contributed by atoms with Crippen LogP contribution in [0.15, 0.2) is 42.5 Å². The van der Waals surface area contributed by atoms with Crippen LogP contribution >= 0.6 is 11.6 Å². The number of aliphatic hydroxyl groups excluding tert-OH is 2. The zero-order valence-electron chi connectivity index (χ0n) is 20.7. The Hall–Kier alpha value is -3.12. The Morgan fingerprint density at radius 1 is 1.17 bits per heavy atom. The minimum absolute atomic E-state index is 0.159. The van der Waals surface area contributed by atoms with Crippen LogP contribution in [0.5, 0.6) is 0 Å². The van der Waals surface area contributed by atoms with Crippen molar-refractivity contribution in [2.75, 3.05) is 31.1 Å². The summed E-state index contributed by atoms with van der Waals surface area (Å²) < 4.78 is 0. The molecule has 2 unspecified atom stereocenters. The van der Waals surface area contributed by atoms with Gasteiger partial charge in [0.05, 0.1) is 16.3 Å². The topological polar surface area (TPSA) is 117 Å². The summed E-state index contributed by atoms with van der Waals surface area (Å²) in [5.74, 6) is -1.31. The van der Waals surface area contributed by atoms with Crippen molar-refractivity contribution >= 4 is 29.1 Å². The third kappa shape index (κ3) is 6.55. The number of nitriles is 1. The van der Waals surface area contributed by atoms with Crippen molar-refractivity contribution in [2.24, 2.45) is 5.92 Å². The molecular weight excluding hydrogens is 480 g/mol. The van der Waals surface area contributed by atoms with E-state index in [1.807, 2.05) is 31.2 Å². The average molecular weight is 513 g/mol. The smallest absolute Gasteiger partial charge is 0.254 e. The number of anilines is 1. The molecule has 1 fully saturated rings. The van der Waals surface area contributed by atoms with Crippen LogP contribution in [0.2, 0.25) is 5.02 Å². The molecule has 192 valence electrons. The van der Waals surface area contributed by atoms with Crippen LogP contribution in [-0.4, -0.2) is 65.3 Å². The number of aliphatic hydroxyl groups is 2. The molecule has 2 amide bonds. The molecule has 0 spiro atoms. The number of aryl methyl sites for hydroxylation is 1. The summed E-state index contributed by atoms with van der Waals surface area (Å²) in [5.41, 5.74) is 3.21. The Balaban J connectivity index is 1.50. The third-order valence-electron chi connectivity index (χ3n) is 6.74. The molecule has 2 atom stereocenters. The van der Waals surface area contributed by atoms with E-state index in [1.165, 1.54) is 4.90 Å². The Labute approximate surface area is 217 Å². The van der Waals surface area contributed by atoms with Crippen molar-refractivity contribution in [2.45, 2.75) is 45.4 Å². The lowest BCUT2D eigenvalue weighted by Crippen LogP contribution is -2.51. The molecule has 3 N–H and O–H groups in total. The van der Waals surface area contributed by atoms with Gasteiger partial charge in [0.15, 0.2) is 12.2 Å². The molecule has 0 radical (unpaired) electrons. The number of carbonyl (C=O) groups excluding carboxylic acids is 2. The molecule has 36 heavy (non-hydrogen) atoms. The molecule has 1 aliphatic heterocycles. The van der Waals surface area contributed by atoms with Crippen molar-refractivity contribution in [3.63, 3.8) is 0 Å². The molecule has 3 rings (SSSR count). The first-order chi connectivity index (χ1) is 17.3. The number of amides is 2. The summed E-state index contributed by atoms with van der Waals surface area (Å²) in [5, 5.41) is 33.4. The molecule has 1 heterocycles. The SMILES string of the molecule is CCN(Cc1ccccc1C)C(=O)C(O)C(O)C(=O)NCC1CCN(c2c(Cl)cccc2C#N)CC1. The lowest BCUT2D eigenvalue weighted by atomic mass is 9.95. The van der Waals surface area contributed by atoms with E-state index in [1.54, 1.807) is 25.1 Å². The molecule has 0 bridgehead atoms. The van der Waals surface area contributed by atoms with Crippen molar-refractivity contribution in [1.82, 2.24) is 10.2 Å². The van der Waals surface area contributed by atoms with Gasteiger partial charge >= 0.3 is 0 Å². The van der Waals surface area contributed by atoms with Gasteiger partial charge in [-0.05, 0) is 55.9 Å². The second-order valence-electron chi connectivity index (χ2n) is 9.09. The maximum atomic E-state index is 12.8. The molecule has 2 aromatic rings. The number of carbonyl (C=O) groups is 2. The number of nitrogens with zero attached hydrogens (tertiary/aromatic N) is 3. The summed E-state index contributed by atoms with van der Waals surface area (Å²) in [4.78, 5) is 28.8. The van der Waals surface area contributed by atoms with Gasteiger partial charge < -0.3 is 25.3 Å². The highest BCUT2D eigenvalue weighted by atomic mass is 35.5. The highest BCUT2D eigenvalue weighted by molar-refractivity contribution is 6.33. The molecule has 2 aromatic carbocycles. The number of hydrogen-bond donors (Lipinski definition) is 3.